The van der Waals surface area contributed by atoms with Crippen LogP contribution >= 0.6 is 27.3 Å². The van der Waals surface area contributed by atoms with Crippen LogP contribution in [0.15, 0.2) is 22.7 Å². The first kappa shape index (κ1) is 14.5. The van der Waals surface area contributed by atoms with E-state index in [0.717, 1.165) is 20.9 Å². The zero-order valence-corrected chi connectivity index (χ0v) is 14.1. The summed E-state index contributed by atoms with van der Waals surface area (Å²) in [6.45, 7) is 9.02. The van der Waals surface area contributed by atoms with Crippen molar-refractivity contribution in [3.8, 4) is 5.75 Å². The molecule has 2 rings (SSSR count). The number of halogens is 1. The van der Waals surface area contributed by atoms with Gasteiger partial charge in [0.1, 0.15) is 17.4 Å². The predicted molar refractivity (Wildman–Crippen MR) is 84.2 cm³/mol. The zero-order chi connectivity index (χ0) is 14.0. The Morgan fingerprint density at radius 1 is 1.32 bits per heavy atom. The van der Waals surface area contributed by atoms with Crippen molar-refractivity contribution in [3.63, 3.8) is 0 Å². The van der Waals surface area contributed by atoms with Crippen molar-refractivity contribution in [2.75, 3.05) is 0 Å². The van der Waals surface area contributed by atoms with E-state index >= 15 is 0 Å². The molecule has 0 aliphatic rings. The first-order valence-corrected chi connectivity index (χ1v) is 7.93. The standard InChI is InChI=1S/C15H18BrNOS/c1-9(2)13-7-12(16)5-6-14(13)18-8-15-17-10(3)11(4)19-15/h5-7,9H,8H2,1-4H3. The molecule has 1 heterocycles. The Hall–Kier alpha value is -0.870. The maximum absolute atomic E-state index is 5.93. The second kappa shape index (κ2) is 6.06. The molecule has 0 saturated heterocycles. The number of aromatic nitrogens is 1. The number of rotatable bonds is 4. The summed E-state index contributed by atoms with van der Waals surface area (Å²) >= 11 is 5.21. The SMILES string of the molecule is Cc1nc(COc2ccc(Br)cc2C(C)C)sc1C. The van der Waals surface area contributed by atoms with Gasteiger partial charge in [0.15, 0.2) is 0 Å². The number of nitrogens with zero attached hydrogens (tertiary/aromatic N) is 1. The summed E-state index contributed by atoms with van der Waals surface area (Å²) in [5.74, 6) is 1.39. The van der Waals surface area contributed by atoms with Crippen molar-refractivity contribution in [2.24, 2.45) is 0 Å². The zero-order valence-electron chi connectivity index (χ0n) is 11.7. The van der Waals surface area contributed by atoms with Gasteiger partial charge in [-0.05, 0) is 43.5 Å². The van der Waals surface area contributed by atoms with E-state index in [1.807, 2.05) is 19.1 Å². The molecule has 0 radical (unpaired) electrons. The average molecular weight is 340 g/mol. The van der Waals surface area contributed by atoms with E-state index in [-0.39, 0.29) is 0 Å². The van der Waals surface area contributed by atoms with Gasteiger partial charge < -0.3 is 4.74 Å². The largest absolute Gasteiger partial charge is 0.486 e. The molecule has 2 aromatic rings. The summed E-state index contributed by atoms with van der Waals surface area (Å²) in [7, 11) is 0. The Balaban J connectivity index is 2.15. The quantitative estimate of drug-likeness (QED) is 0.761. The molecule has 102 valence electrons. The summed E-state index contributed by atoms with van der Waals surface area (Å²) in [5, 5.41) is 1.03. The van der Waals surface area contributed by atoms with Gasteiger partial charge in [-0.3, -0.25) is 0 Å². The minimum absolute atomic E-state index is 0.437. The molecule has 0 atom stereocenters. The highest BCUT2D eigenvalue weighted by Crippen LogP contribution is 2.30. The first-order chi connectivity index (χ1) is 8.97. The number of thiazole rings is 1. The van der Waals surface area contributed by atoms with Crippen molar-refractivity contribution in [1.29, 1.82) is 0 Å². The van der Waals surface area contributed by atoms with Crippen LogP contribution in [0.2, 0.25) is 0 Å². The van der Waals surface area contributed by atoms with Gasteiger partial charge in [0.2, 0.25) is 0 Å². The van der Waals surface area contributed by atoms with Gasteiger partial charge in [0.25, 0.3) is 0 Å². The highest BCUT2D eigenvalue weighted by Gasteiger charge is 2.10. The average Bonchev–Trinajstić information content (AvgIpc) is 2.67. The monoisotopic (exact) mass is 339 g/mol. The molecule has 2 nitrogen and oxygen atoms in total. The van der Waals surface area contributed by atoms with Crippen LogP contribution in [-0.2, 0) is 6.61 Å². The molecule has 19 heavy (non-hydrogen) atoms. The molecule has 4 heteroatoms. The molecule has 0 saturated carbocycles. The molecule has 0 unspecified atom stereocenters. The lowest BCUT2D eigenvalue weighted by Gasteiger charge is -2.13. The molecule has 0 bridgehead atoms. The Labute approximate surface area is 127 Å². The van der Waals surface area contributed by atoms with Crippen LogP contribution < -0.4 is 4.74 Å². The third-order valence-electron chi connectivity index (χ3n) is 3.02. The van der Waals surface area contributed by atoms with Gasteiger partial charge in [-0.25, -0.2) is 4.98 Å². The Bertz CT molecular complexity index is 558. The van der Waals surface area contributed by atoms with E-state index in [2.05, 4.69) is 47.8 Å². The maximum Gasteiger partial charge on any atom is 0.140 e. The Morgan fingerprint density at radius 2 is 2.05 bits per heavy atom. The third kappa shape index (κ3) is 3.57. The van der Waals surface area contributed by atoms with E-state index in [1.165, 1.54) is 10.4 Å². The van der Waals surface area contributed by atoms with Crippen molar-refractivity contribution in [3.05, 3.63) is 43.8 Å². The van der Waals surface area contributed by atoms with E-state index in [1.54, 1.807) is 11.3 Å². The summed E-state index contributed by atoms with van der Waals surface area (Å²) in [6, 6.07) is 6.16. The summed E-state index contributed by atoms with van der Waals surface area (Å²) in [6.07, 6.45) is 0. The van der Waals surface area contributed by atoms with Gasteiger partial charge in [0, 0.05) is 9.35 Å². The lowest BCUT2D eigenvalue weighted by molar-refractivity contribution is 0.301. The van der Waals surface area contributed by atoms with Crippen molar-refractivity contribution >= 4 is 27.3 Å². The van der Waals surface area contributed by atoms with Crippen molar-refractivity contribution in [2.45, 2.75) is 40.2 Å². The predicted octanol–water partition coefficient (Wildman–Crippen LogP) is 5.22. The van der Waals surface area contributed by atoms with Crippen molar-refractivity contribution < 1.29 is 4.74 Å². The lowest BCUT2D eigenvalue weighted by atomic mass is 10.0. The number of aryl methyl sites for hydroxylation is 2. The molecule has 0 fully saturated rings. The normalized spacial score (nSPS) is 11.1. The van der Waals surface area contributed by atoms with Gasteiger partial charge in [0.05, 0.1) is 5.69 Å². The van der Waals surface area contributed by atoms with Gasteiger partial charge >= 0.3 is 0 Å². The lowest BCUT2D eigenvalue weighted by Crippen LogP contribution is -1.99. The summed E-state index contributed by atoms with van der Waals surface area (Å²) < 4.78 is 7.02. The molecule has 0 N–H and O–H groups in total. The number of ether oxygens (including phenoxy) is 1. The van der Waals surface area contributed by atoms with Gasteiger partial charge in [-0.15, -0.1) is 11.3 Å². The highest BCUT2D eigenvalue weighted by atomic mass is 79.9. The van der Waals surface area contributed by atoms with Crippen LogP contribution in [0.1, 0.15) is 40.9 Å². The number of hydrogen-bond acceptors (Lipinski definition) is 3. The van der Waals surface area contributed by atoms with Gasteiger partial charge in [-0.2, -0.15) is 0 Å². The topological polar surface area (TPSA) is 22.1 Å². The Morgan fingerprint density at radius 3 is 2.63 bits per heavy atom. The minimum Gasteiger partial charge on any atom is -0.486 e. The smallest absolute Gasteiger partial charge is 0.140 e. The van der Waals surface area contributed by atoms with Crippen LogP contribution in [0, 0.1) is 13.8 Å². The van der Waals surface area contributed by atoms with Crippen LogP contribution in [-0.4, -0.2) is 4.98 Å². The minimum atomic E-state index is 0.437. The third-order valence-corrected chi connectivity index (χ3v) is 4.56. The number of benzene rings is 1. The fourth-order valence-electron chi connectivity index (χ4n) is 1.84. The fraction of sp³-hybridized carbons (Fsp3) is 0.400. The molecule has 0 aliphatic heterocycles. The van der Waals surface area contributed by atoms with Crippen molar-refractivity contribution in [1.82, 2.24) is 4.98 Å². The van der Waals surface area contributed by atoms with E-state index in [9.17, 15) is 0 Å². The molecule has 0 spiro atoms. The molecule has 0 amide bonds. The van der Waals surface area contributed by atoms with Crippen LogP contribution in [0.3, 0.4) is 0 Å². The van der Waals surface area contributed by atoms with Crippen LogP contribution in [0.4, 0.5) is 0 Å². The molecular weight excluding hydrogens is 322 g/mol. The molecular formula is C15H18BrNOS. The van der Waals surface area contributed by atoms with Gasteiger partial charge in [-0.1, -0.05) is 29.8 Å². The first-order valence-electron chi connectivity index (χ1n) is 6.32. The molecule has 1 aromatic carbocycles. The second-order valence-electron chi connectivity index (χ2n) is 4.87. The molecule has 1 aromatic heterocycles. The summed E-state index contributed by atoms with van der Waals surface area (Å²) in [4.78, 5) is 5.76. The summed E-state index contributed by atoms with van der Waals surface area (Å²) in [5.41, 5.74) is 2.32. The van der Waals surface area contributed by atoms with Crippen LogP contribution in [0.25, 0.3) is 0 Å². The van der Waals surface area contributed by atoms with E-state index in [4.69, 9.17) is 4.74 Å². The number of hydrogen-bond donors (Lipinski definition) is 0. The highest BCUT2D eigenvalue weighted by molar-refractivity contribution is 9.10. The second-order valence-corrected chi connectivity index (χ2v) is 7.08. The maximum atomic E-state index is 5.93. The fourth-order valence-corrected chi connectivity index (χ4v) is 3.07. The Kier molecular flexibility index (Phi) is 4.63. The van der Waals surface area contributed by atoms with E-state index in [0.29, 0.717) is 12.5 Å². The van der Waals surface area contributed by atoms with Crippen LogP contribution in [0.5, 0.6) is 5.75 Å². The molecule has 0 aliphatic carbocycles. The van der Waals surface area contributed by atoms with E-state index < -0.39 is 0 Å².